The van der Waals surface area contributed by atoms with Crippen molar-refractivity contribution < 1.29 is 5.11 Å². The highest BCUT2D eigenvalue weighted by Gasteiger charge is 2.16. The van der Waals surface area contributed by atoms with Gasteiger partial charge >= 0.3 is 0 Å². The summed E-state index contributed by atoms with van der Waals surface area (Å²) in [4.78, 5) is 0. The quantitative estimate of drug-likeness (QED) is 0.847. The van der Waals surface area contributed by atoms with Crippen molar-refractivity contribution in [3.05, 3.63) is 60.2 Å². The van der Waals surface area contributed by atoms with Crippen molar-refractivity contribution in [2.75, 3.05) is 0 Å². The van der Waals surface area contributed by atoms with Gasteiger partial charge in [-0.1, -0.05) is 54.6 Å². The van der Waals surface area contributed by atoms with E-state index in [2.05, 4.69) is 0 Å². The Labute approximate surface area is 102 Å². The summed E-state index contributed by atoms with van der Waals surface area (Å²) >= 11 is 0. The monoisotopic (exact) mass is 227 g/mol. The van der Waals surface area contributed by atoms with E-state index < -0.39 is 6.10 Å². The molecule has 17 heavy (non-hydrogen) atoms. The van der Waals surface area contributed by atoms with Crippen LogP contribution in [0.2, 0.25) is 0 Å². The third-order valence-corrected chi connectivity index (χ3v) is 2.86. The molecule has 2 atom stereocenters. The van der Waals surface area contributed by atoms with Gasteiger partial charge < -0.3 is 10.8 Å². The Morgan fingerprint density at radius 2 is 1.53 bits per heavy atom. The molecule has 0 saturated carbocycles. The van der Waals surface area contributed by atoms with Gasteiger partial charge in [0.1, 0.15) is 0 Å². The second-order valence-corrected chi connectivity index (χ2v) is 4.26. The van der Waals surface area contributed by atoms with E-state index in [-0.39, 0.29) is 6.04 Å². The van der Waals surface area contributed by atoms with Crippen molar-refractivity contribution in [1.29, 1.82) is 0 Å². The SMILES string of the molecule is C[C@H](N)[C@H](O)c1ccccc1-c1ccccc1. The van der Waals surface area contributed by atoms with Gasteiger partial charge in [-0.2, -0.15) is 0 Å². The highest BCUT2D eigenvalue weighted by atomic mass is 16.3. The van der Waals surface area contributed by atoms with Crippen molar-refractivity contribution in [1.82, 2.24) is 0 Å². The first-order valence-electron chi connectivity index (χ1n) is 5.78. The molecule has 0 fully saturated rings. The van der Waals surface area contributed by atoms with Gasteiger partial charge in [-0.05, 0) is 23.6 Å². The lowest BCUT2D eigenvalue weighted by atomic mass is 9.94. The van der Waals surface area contributed by atoms with E-state index in [9.17, 15) is 5.11 Å². The van der Waals surface area contributed by atoms with E-state index in [0.717, 1.165) is 16.7 Å². The van der Waals surface area contributed by atoms with Crippen LogP contribution < -0.4 is 5.73 Å². The third-order valence-electron chi connectivity index (χ3n) is 2.86. The molecule has 0 spiro atoms. The standard InChI is InChI=1S/C15H17NO/c1-11(16)15(17)14-10-6-5-9-13(14)12-7-3-2-4-8-12/h2-11,15,17H,16H2,1H3/t11-,15-/m0/s1. The molecule has 3 N–H and O–H groups in total. The molecular weight excluding hydrogens is 210 g/mol. The van der Waals surface area contributed by atoms with Crippen LogP contribution in [0.3, 0.4) is 0 Å². The lowest BCUT2D eigenvalue weighted by Crippen LogP contribution is -2.24. The molecule has 0 amide bonds. The molecule has 0 saturated heterocycles. The maximum Gasteiger partial charge on any atom is 0.0944 e. The summed E-state index contributed by atoms with van der Waals surface area (Å²) in [6.07, 6.45) is -0.633. The lowest BCUT2D eigenvalue weighted by molar-refractivity contribution is 0.154. The zero-order chi connectivity index (χ0) is 12.3. The summed E-state index contributed by atoms with van der Waals surface area (Å²) in [7, 11) is 0. The van der Waals surface area contributed by atoms with Crippen LogP contribution in [0.15, 0.2) is 54.6 Å². The van der Waals surface area contributed by atoms with Crippen LogP contribution in [0.5, 0.6) is 0 Å². The van der Waals surface area contributed by atoms with Crippen LogP contribution in [-0.2, 0) is 0 Å². The van der Waals surface area contributed by atoms with Gasteiger partial charge in [-0.15, -0.1) is 0 Å². The van der Waals surface area contributed by atoms with Crippen LogP contribution in [0.25, 0.3) is 11.1 Å². The molecule has 0 aliphatic rings. The summed E-state index contributed by atoms with van der Waals surface area (Å²) in [5.41, 5.74) is 8.79. The van der Waals surface area contributed by atoms with E-state index >= 15 is 0 Å². The van der Waals surface area contributed by atoms with Gasteiger partial charge in [0, 0.05) is 6.04 Å². The molecule has 0 radical (unpaired) electrons. The van der Waals surface area contributed by atoms with E-state index in [1.54, 1.807) is 0 Å². The predicted molar refractivity (Wildman–Crippen MR) is 70.5 cm³/mol. The number of hydrogen-bond donors (Lipinski definition) is 2. The molecular formula is C15H17NO. The molecule has 2 heteroatoms. The molecule has 2 aromatic rings. The van der Waals surface area contributed by atoms with Gasteiger partial charge in [0.2, 0.25) is 0 Å². The Morgan fingerprint density at radius 3 is 2.18 bits per heavy atom. The molecule has 0 aliphatic carbocycles. The molecule has 88 valence electrons. The Kier molecular flexibility index (Phi) is 3.57. The summed E-state index contributed by atoms with van der Waals surface area (Å²) < 4.78 is 0. The van der Waals surface area contributed by atoms with Gasteiger partial charge in [0.15, 0.2) is 0 Å². The molecule has 2 nitrogen and oxygen atoms in total. The van der Waals surface area contributed by atoms with Crippen LogP contribution in [-0.4, -0.2) is 11.1 Å². The van der Waals surface area contributed by atoms with E-state index in [1.807, 2.05) is 61.5 Å². The number of aliphatic hydroxyl groups excluding tert-OH is 1. The maximum absolute atomic E-state index is 10.1. The number of nitrogens with two attached hydrogens (primary N) is 1. The summed E-state index contributed by atoms with van der Waals surface area (Å²) in [5.74, 6) is 0. The summed E-state index contributed by atoms with van der Waals surface area (Å²) in [6, 6.07) is 17.6. The fraction of sp³-hybridized carbons (Fsp3) is 0.200. The van der Waals surface area contributed by atoms with Crippen LogP contribution in [0.4, 0.5) is 0 Å². The topological polar surface area (TPSA) is 46.2 Å². The third kappa shape index (κ3) is 2.54. The smallest absolute Gasteiger partial charge is 0.0944 e. The van der Waals surface area contributed by atoms with Gasteiger partial charge in [-0.25, -0.2) is 0 Å². The van der Waals surface area contributed by atoms with Crippen molar-refractivity contribution in [3.8, 4) is 11.1 Å². The average Bonchev–Trinajstić information content (AvgIpc) is 2.39. The van der Waals surface area contributed by atoms with Gasteiger partial charge in [0.25, 0.3) is 0 Å². The summed E-state index contributed by atoms with van der Waals surface area (Å²) in [6.45, 7) is 1.81. The lowest BCUT2D eigenvalue weighted by Gasteiger charge is -2.18. The first-order valence-corrected chi connectivity index (χ1v) is 5.78. The Balaban J connectivity index is 2.48. The second kappa shape index (κ2) is 5.13. The number of rotatable bonds is 3. The number of aliphatic hydroxyl groups is 1. The average molecular weight is 227 g/mol. The molecule has 0 unspecified atom stereocenters. The Morgan fingerprint density at radius 1 is 0.941 bits per heavy atom. The molecule has 0 bridgehead atoms. The van der Waals surface area contributed by atoms with Gasteiger partial charge in [0.05, 0.1) is 6.10 Å². The second-order valence-electron chi connectivity index (χ2n) is 4.26. The van der Waals surface area contributed by atoms with E-state index in [1.165, 1.54) is 0 Å². The highest BCUT2D eigenvalue weighted by Crippen LogP contribution is 2.28. The van der Waals surface area contributed by atoms with Crippen molar-refractivity contribution >= 4 is 0 Å². The zero-order valence-electron chi connectivity index (χ0n) is 9.88. The molecule has 0 aliphatic heterocycles. The normalized spacial score (nSPS) is 14.3. The van der Waals surface area contributed by atoms with Crippen LogP contribution in [0.1, 0.15) is 18.6 Å². The van der Waals surface area contributed by atoms with E-state index in [0.29, 0.717) is 0 Å². The number of hydrogen-bond acceptors (Lipinski definition) is 2. The molecule has 2 aromatic carbocycles. The minimum absolute atomic E-state index is 0.278. The zero-order valence-corrected chi connectivity index (χ0v) is 9.88. The summed E-state index contributed by atoms with van der Waals surface area (Å²) in [5, 5.41) is 10.1. The first kappa shape index (κ1) is 11.8. The maximum atomic E-state index is 10.1. The van der Waals surface area contributed by atoms with Crippen molar-refractivity contribution in [2.24, 2.45) is 5.73 Å². The molecule has 0 heterocycles. The number of benzene rings is 2. The highest BCUT2D eigenvalue weighted by molar-refractivity contribution is 5.67. The Bertz CT molecular complexity index is 479. The van der Waals surface area contributed by atoms with Crippen molar-refractivity contribution in [3.63, 3.8) is 0 Å². The van der Waals surface area contributed by atoms with Crippen LogP contribution in [0, 0.1) is 0 Å². The fourth-order valence-electron chi connectivity index (χ4n) is 1.92. The fourth-order valence-corrected chi connectivity index (χ4v) is 1.92. The molecule has 2 rings (SSSR count). The largest absolute Gasteiger partial charge is 0.387 e. The van der Waals surface area contributed by atoms with E-state index in [4.69, 9.17) is 5.73 Å². The van der Waals surface area contributed by atoms with Gasteiger partial charge in [-0.3, -0.25) is 0 Å². The molecule has 0 aromatic heterocycles. The predicted octanol–water partition coefficient (Wildman–Crippen LogP) is 2.73. The Hall–Kier alpha value is -1.64. The first-order chi connectivity index (χ1) is 8.20. The minimum Gasteiger partial charge on any atom is -0.387 e. The minimum atomic E-state index is -0.633. The van der Waals surface area contributed by atoms with Crippen LogP contribution >= 0.6 is 0 Å². The van der Waals surface area contributed by atoms with Crippen molar-refractivity contribution in [2.45, 2.75) is 19.1 Å².